The SMILES string of the molecule is C=CCc1ccccc1OCc1ccccc1/C(C#N)=N\OC. The monoisotopic (exact) mass is 306 g/mol. The van der Waals surface area contributed by atoms with Gasteiger partial charge in [-0.3, -0.25) is 0 Å². The highest BCUT2D eigenvalue weighted by Gasteiger charge is 2.10. The van der Waals surface area contributed by atoms with Gasteiger partial charge in [0.25, 0.3) is 0 Å². The van der Waals surface area contributed by atoms with Crippen molar-refractivity contribution in [3.05, 3.63) is 77.9 Å². The molecule has 0 fully saturated rings. The Bertz CT molecular complexity index is 745. The van der Waals surface area contributed by atoms with Crippen LogP contribution in [0.1, 0.15) is 16.7 Å². The molecule has 0 saturated carbocycles. The number of hydrogen-bond acceptors (Lipinski definition) is 4. The van der Waals surface area contributed by atoms with Gasteiger partial charge >= 0.3 is 0 Å². The Morgan fingerprint density at radius 1 is 1.17 bits per heavy atom. The lowest BCUT2D eigenvalue weighted by Crippen LogP contribution is -2.06. The summed E-state index contributed by atoms with van der Waals surface area (Å²) in [6.45, 7) is 4.11. The van der Waals surface area contributed by atoms with Crippen LogP contribution in [0.25, 0.3) is 0 Å². The van der Waals surface area contributed by atoms with E-state index < -0.39 is 0 Å². The van der Waals surface area contributed by atoms with Crippen LogP contribution in [0.3, 0.4) is 0 Å². The summed E-state index contributed by atoms with van der Waals surface area (Å²) in [4.78, 5) is 4.73. The molecule has 0 aromatic heterocycles. The van der Waals surface area contributed by atoms with Crippen molar-refractivity contribution < 1.29 is 9.57 Å². The van der Waals surface area contributed by atoms with Crippen molar-refractivity contribution in [3.63, 3.8) is 0 Å². The molecule has 0 saturated heterocycles. The Labute approximate surface area is 136 Å². The standard InChI is InChI=1S/C19H18N2O2/c1-3-8-15-9-5-7-12-19(15)23-14-16-10-4-6-11-17(16)18(13-20)21-22-2/h3-7,9-12H,1,8,14H2,2H3/b21-18-. The molecule has 0 atom stereocenters. The van der Waals surface area contributed by atoms with Gasteiger partial charge in [-0.15, -0.1) is 6.58 Å². The molecule has 0 spiro atoms. The molecule has 0 radical (unpaired) electrons. The average molecular weight is 306 g/mol. The largest absolute Gasteiger partial charge is 0.489 e. The zero-order valence-electron chi connectivity index (χ0n) is 13.0. The van der Waals surface area contributed by atoms with Crippen LogP contribution in [0.15, 0.2) is 66.3 Å². The summed E-state index contributed by atoms with van der Waals surface area (Å²) in [6, 6.07) is 17.4. The van der Waals surface area contributed by atoms with Gasteiger partial charge in [0, 0.05) is 5.56 Å². The fourth-order valence-electron chi connectivity index (χ4n) is 2.22. The van der Waals surface area contributed by atoms with E-state index in [0.717, 1.165) is 23.3 Å². The van der Waals surface area contributed by atoms with Gasteiger partial charge in [0.2, 0.25) is 0 Å². The number of hydrogen-bond donors (Lipinski definition) is 0. The van der Waals surface area contributed by atoms with Crippen molar-refractivity contribution in [2.75, 3.05) is 7.11 Å². The summed E-state index contributed by atoms with van der Waals surface area (Å²) in [6.07, 6.45) is 2.58. The summed E-state index contributed by atoms with van der Waals surface area (Å²) in [5.74, 6) is 0.810. The number of allylic oxidation sites excluding steroid dienone is 1. The summed E-state index contributed by atoms with van der Waals surface area (Å²) in [5.41, 5.74) is 2.88. The molecule has 0 heterocycles. The second kappa shape index (κ2) is 8.40. The van der Waals surface area contributed by atoms with E-state index in [1.54, 1.807) is 0 Å². The number of nitriles is 1. The fraction of sp³-hybridized carbons (Fsp3) is 0.158. The van der Waals surface area contributed by atoms with Gasteiger partial charge < -0.3 is 9.57 Å². The Hall–Kier alpha value is -3.06. The maximum Gasteiger partial charge on any atom is 0.187 e. The molecule has 4 nitrogen and oxygen atoms in total. The van der Waals surface area contributed by atoms with Crippen molar-refractivity contribution >= 4 is 5.71 Å². The smallest absolute Gasteiger partial charge is 0.187 e. The highest BCUT2D eigenvalue weighted by molar-refractivity contribution is 6.12. The lowest BCUT2D eigenvalue weighted by Gasteiger charge is -2.12. The Morgan fingerprint density at radius 3 is 2.57 bits per heavy atom. The molecule has 23 heavy (non-hydrogen) atoms. The summed E-state index contributed by atoms with van der Waals surface area (Å²) >= 11 is 0. The zero-order chi connectivity index (χ0) is 16.5. The minimum Gasteiger partial charge on any atom is -0.489 e. The van der Waals surface area contributed by atoms with Crippen molar-refractivity contribution in [1.82, 2.24) is 0 Å². The Kier molecular flexibility index (Phi) is 5.96. The number of para-hydroxylation sites is 1. The highest BCUT2D eigenvalue weighted by Crippen LogP contribution is 2.21. The van der Waals surface area contributed by atoms with Gasteiger partial charge in [0.15, 0.2) is 5.71 Å². The van der Waals surface area contributed by atoms with Gasteiger partial charge in [0.1, 0.15) is 25.5 Å². The highest BCUT2D eigenvalue weighted by atomic mass is 16.6. The molecule has 0 unspecified atom stereocenters. The molecular weight excluding hydrogens is 288 g/mol. The van der Waals surface area contributed by atoms with Crippen LogP contribution in [0.2, 0.25) is 0 Å². The first-order chi connectivity index (χ1) is 11.3. The number of oxime groups is 1. The normalized spacial score (nSPS) is 10.7. The van der Waals surface area contributed by atoms with Crippen LogP contribution >= 0.6 is 0 Å². The first-order valence-corrected chi connectivity index (χ1v) is 7.21. The van der Waals surface area contributed by atoms with Crippen LogP contribution in [-0.4, -0.2) is 12.8 Å². The maximum atomic E-state index is 9.22. The van der Waals surface area contributed by atoms with Gasteiger partial charge in [-0.25, -0.2) is 0 Å². The van der Waals surface area contributed by atoms with Crippen LogP contribution in [-0.2, 0) is 17.9 Å². The van der Waals surface area contributed by atoms with E-state index in [-0.39, 0.29) is 5.71 Å². The lowest BCUT2D eigenvalue weighted by atomic mass is 10.0. The van der Waals surface area contributed by atoms with Crippen LogP contribution in [0.4, 0.5) is 0 Å². The average Bonchev–Trinajstić information content (AvgIpc) is 2.59. The number of ether oxygens (including phenoxy) is 1. The van der Waals surface area contributed by atoms with E-state index in [2.05, 4.69) is 11.7 Å². The Balaban J connectivity index is 2.24. The van der Waals surface area contributed by atoms with Gasteiger partial charge in [0.05, 0.1) is 0 Å². The molecule has 0 N–H and O–H groups in total. The molecule has 0 bridgehead atoms. The maximum absolute atomic E-state index is 9.22. The van der Waals surface area contributed by atoms with E-state index in [0.29, 0.717) is 12.2 Å². The van der Waals surface area contributed by atoms with Crippen molar-refractivity contribution in [3.8, 4) is 11.8 Å². The molecule has 0 aliphatic heterocycles. The third-order valence-electron chi connectivity index (χ3n) is 3.28. The van der Waals surface area contributed by atoms with Crippen LogP contribution in [0.5, 0.6) is 5.75 Å². The fourth-order valence-corrected chi connectivity index (χ4v) is 2.22. The van der Waals surface area contributed by atoms with Gasteiger partial charge in [-0.1, -0.05) is 53.7 Å². The van der Waals surface area contributed by atoms with E-state index >= 15 is 0 Å². The van der Waals surface area contributed by atoms with Crippen molar-refractivity contribution in [2.24, 2.45) is 5.16 Å². The summed E-state index contributed by atoms with van der Waals surface area (Å²) in [7, 11) is 1.42. The minimum absolute atomic E-state index is 0.228. The van der Waals surface area contributed by atoms with Gasteiger partial charge in [-0.2, -0.15) is 5.26 Å². The van der Waals surface area contributed by atoms with Crippen molar-refractivity contribution in [1.29, 1.82) is 5.26 Å². The third kappa shape index (κ3) is 4.21. The second-order valence-corrected chi connectivity index (χ2v) is 4.78. The molecule has 2 rings (SSSR count). The molecule has 2 aromatic rings. The molecule has 4 heteroatoms. The second-order valence-electron chi connectivity index (χ2n) is 4.78. The van der Waals surface area contributed by atoms with E-state index in [1.807, 2.05) is 60.7 Å². The van der Waals surface area contributed by atoms with Crippen molar-refractivity contribution in [2.45, 2.75) is 13.0 Å². The van der Waals surface area contributed by atoms with Gasteiger partial charge in [-0.05, 0) is 23.6 Å². The quantitative estimate of drug-likeness (QED) is 0.443. The van der Waals surface area contributed by atoms with E-state index in [4.69, 9.17) is 9.57 Å². The summed E-state index contributed by atoms with van der Waals surface area (Å²) < 4.78 is 5.94. The molecule has 0 aliphatic rings. The molecule has 0 amide bonds. The Morgan fingerprint density at radius 2 is 1.87 bits per heavy atom. The number of rotatable bonds is 7. The van der Waals surface area contributed by atoms with E-state index in [1.165, 1.54) is 7.11 Å². The predicted molar refractivity (Wildman–Crippen MR) is 90.3 cm³/mol. The molecular formula is C19H18N2O2. The van der Waals surface area contributed by atoms with Crippen LogP contribution in [0, 0.1) is 11.3 Å². The number of benzene rings is 2. The number of nitrogens with zero attached hydrogens (tertiary/aromatic N) is 2. The molecule has 2 aromatic carbocycles. The van der Waals surface area contributed by atoms with E-state index in [9.17, 15) is 5.26 Å². The topological polar surface area (TPSA) is 54.6 Å². The predicted octanol–water partition coefficient (Wildman–Crippen LogP) is 3.87. The third-order valence-corrected chi connectivity index (χ3v) is 3.28. The zero-order valence-corrected chi connectivity index (χ0v) is 13.0. The minimum atomic E-state index is 0.228. The van der Waals surface area contributed by atoms with Crippen LogP contribution < -0.4 is 4.74 Å². The molecule has 116 valence electrons. The lowest BCUT2D eigenvalue weighted by molar-refractivity contribution is 0.214. The summed E-state index contributed by atoms with van der Waals surface area (Å²) in [5, 5.41) is 13.0. The molecule has 0 aliphatic carbocycles. The first-order valence-electron chi connectivity index (χ1n) is 7.21. The first kappa shape index (κ1) is 16.3.